The van der Waals surface area contributed by atoms with Crippen LogP contribution in [0.5, 0.6) is 5.75 Å². The molecule has 1 saturated carbocycles. The summed E-state index contributed by atoms with van der Waals surface area (Å²) in [4.78, 5) is 29.3. The number of ether oxygens (including phenoxy) is 2. The van der Waals surface area contributed by atoms with Gasteiger partial charge in [0.05, 0.1) is 25.5 Å². The van der Waals surface area contributed by atoms with Gasteiger partial charge < -0.3 is 14.4 Å². The number of halogens is 2. The van der Waals surface area contributed by atoms with Crippen LogP contribution in [-0.2, 0) is 9.53 Å². The van der Waals surface area contributed by atoms with Gasteiger partial charge in [0.25, 0.3) is 12.3 Å². The fraction of sp³-hybridized carbons (Fsp3) is 0.350. The van der Waals surface area contributed by atoms with Gasteiger partial charge in [0.1, 0.15) is 18.1 Å². The number of methoxy groups -OCH3 is 1. The van der Waals surface area contributed by atoms with Crippen LogP contribution in [0.1, 0.15) is 35.3 Å². The lowest BCUT2D eigenvalue weighted by molar-refractivity contribution is -0.130. The van der Waals surface area contributed by atoms with Gasteiger partial charge in [-0.1, -0.05) is 0 Å². The van der Waals surface area contributed by atoms with E-state index in [1.54, 1.807) is 23.1 Å². The number of alkyl halides is 2. The molecule has 1 aliphatic heterocycles. The Morgan fingerprint density at radius 2 is 2.07 bits per heavy atom. The molecule has 1 aromatic carbocycles. The van der Waals surface area contributed by atoms with Crippen molar-refractivity contribution in [2.24, 2.45) is 0 Å². The van der Waals surface area contributed by atoms with E-state index in [0.717, 1.165) is 12.8 Å². The summed E-state index contributed by atoms with van der Waals surface area (Å²) in [6.07, 6.45) is 0.878. The maximum Gasteiger partial charge on any atom is 0.280 e. The Kier molecular flexibility index (Phi) is 4.58. The third-order valence-corrected chi connectivity index (χ3v) is 5.15. The summed E-state index contributed by atoms with van der Waals surface area (Å²) in [5.41, 5.74) is 0.899. The van der Waals surface area contributed by atoms with Gasteiger partial charge in [-0.15, -0.1) is 0 Å². The molecule has 1 aliphatic carbocycles. The van der Waals surface area contributed by atoms with Crippen LogP contribution in [0.4, 0.5) is 14.5 Å². The Bertz CT molecular complexity index is 944. The molecule has 6 nitrogen and oxygen atoms in total. The second-order valence-electron chi connectivity index (χ2n) is 6.95. The van der Waals surface area contributed by atoms with Gasteiger partial charge in [-0.3, -0.25) is 14.6 Å². The highest BCUT2D eigenvalue weighted by molar-refractivity contribution is 5.98. The van der Waals surface area contributed by atoms with Gasteiger partial charge >= 0.3 is 0 Å². The first-order valence-electron chi connectivity index (χ1n) is 8.82. The maximum atomic E-state index is 13.2. The number of carbonyl (C=O) groups is 2. The zero-order chi connectivity index (χ0) is 19.9. The smallest absolute Gasteiger partial charge is 0.280 e. The molecule has 146 valence electrons. The Morgan fingerprint density at radius 1 is 1.29 bits per heavy atom. The molecule has 0 atom stereocenters. The largest absolute Gasteiger partial charge is 0.494 e. The van der Waals surface area contributed by atoms with Gasteiger partial charge in [-0.25, -0.2) is 8.78 Å². The molecule has 0 bridgehead atoms. The van der Waals surface area contributed by atoms with Crippen molar-refractivity contribution in [1.82, 2.24) is 4.98 Å². The molecule has 1 aromatic heterocycles. The first-order chi connectivity index (χ1) is 13.5. The lowest BCUT2D eigenvalue weighted by atomic mass is 9.98. The number of rotatable bonds is 5. The van der Waals surface area contributed by atoms with Crippen molar-refractivity contribution >= 4 is 17.9 Å². The van der Waals surface area contributed by atoms with Gasteiger partial charge in [0.15, 0.2) is 6.29 Å². The maximum absolute atomic E-state index is 13.2. The molecule has 1 amide bonds. The summed E-state index contributed by atoms with van der Waals surface area (Å²) in [5, 5.41) is 0. The predicted molar refractivity (Wildman–Crippen MR) is 96.8 cm³/mol. The number of hydrogen-bond acceptors (Lipinski definition) is 5. The molecular formula is C20H18F2N2O4. The van der Waals surface area contributed by atoms with Crippen LogP contribution in [0, 0.1) is 0 Å². The van der Waals surface area contributed by atoms with Crippen molar-refractivity contribution in [2.45, 2.75) is 24.9 Å². The zero-order valence-corrected chi connectivity index (χ0v) is 15.2. The molecule has 0 radical (unpaired) electrons. The van der Waals surface area contributed by atoms with E-state index in [4.69, 9.17) is 9.47 Å². The normalized spacial score (nSPS) is 17.9. The number of aromatic nitrogens is 1. The average molecular weight is 388 g/mol. The molecule has 28 heavy (non-hydrogen) atoms. The van der Waals surface area contributed by atoms with Crippen molar-refractivity contribution < 1.29 is 27.8 Å². The topological polar surface area (TPSA) is 68.7 Å². The van der Waals surface area contributed by atoms with Crippen LogP contribution >= 0.6 is 0 Å². The van der Waals surface area contributed by atoms with E-state index in [1.807, 2.05) is 0 Å². The van der Waals surface area contributed by atoms with Crippen molar-refractivity contribution in [2.75, 3.05) is 25.2 Å². The first-order valence-corrected chi connectivity index (χ1v) is 8.82. The number of anilines is 1. The number of morpholine rings is 1. The van der Waals surface area contributed by atoms with Crippen molar-refractivity contribution in [3.63, 3.8) is 0 Å². The van der Waals surface area contributed by atoms with E-state index in [-0.39, 0.29) is 23.9 Å². The van der Waals surface area contributed by atoms with E-state index in [9.17, 15) is 18.4 Å². The summed E-state index contributed by atoms with van der Waals surface area (Å²) < 4.78 is 37.2. The lowest BCUT2D eigenvalue weighted by Crippen LogP contribution is -2.48. The quantitative estimate of drug-likeness (QED) is 0.735. The number of pyridine rings is 1. The molecule has 2 aliphatic rings. The van der Waals surface area contributed by atoms with Crippen molar-refractivity contribution in [3.8, 4) is 16.9 Å². The van der Waals surface area contributed by atoms with Gasteiger partial charge in [-0.2, -0.15) is 0 Å². The minimum absolute atomic E-state index is 0.00112. The highest BCUT2D eigenvalue weighted by atomic mass is 19.3. The fourth-order valence-electron chi connectivity index (χ4n) is 3.39. The van der Waals surface area contributed by atoms with Crippen LogP contribution in [0.25, 0.3) is 11.1 Å². The second kappa shape index (κ2) is 6.94. The fourth-order valence-corrected chi connectivity index (χ4v) is 3.39. The van der Waals surface area contributed by atoms with E-state index in [0.29, 0.717) is 35.2 Å². The zero-order valence-electron chi connectivity index (χ0n) is 15.2. The van der Waals surface area contributed by atoms with E-state index in [1.165, 1.54) is 19.4 Å². The molecule has 2 fully saturated rings. The Balaban J connectivity index is 1.81. The SMILES string of the molecule is COc1cnc(C(F)F)cc1-c1cc(N2CC3(CC3)OCC2=O)ccc1C=O. The van der Waals surface area contributed by atoms with Crippen molar-refractivity contribution in [1.29, 1.82) is 0 Å². The minimum atomic E-state index is -2.76. The second-order valence-corrected chi connectivity index (χ2v) is 6.95. The molecule has 1 spiro atoms. The van der Waals surface area contributed by atoms with Gasteiger partial charge in [0.2, 0.25) is 0 Å². The number of aldehydes is 1. The number of amides is 1. The van der Waals surface area contributed by atoms with Crippen molar-refractivity contribution in [3.05, 3.63) is 41.7 Å². The number of hydrogen-bond donors (Lipinski definition) is 0. The average Bonchev–Trinajstić information content (AvgIpc) is 3.48. The minimum Gasteiger partial charge on any atom is -0.494 e. The third kappa shape index (κ3) is 3.24. The number of nitrogens with zero attached hydrogens (tertiary/aromatic N) is 2. The predicted octanol–water partition coefficient (Wildman–Crippen LogP) is 3.40. The van der Waals surface area contributed by atoms with Crippen LogP contribution < -0.4 is 9.64 Å². The molecule has 2 aromatic rings. The Hall–Kier alpha value is -2.87. The number of benzene rings is 1. The third-order valence-electron chi connectivity index (χ3n) is 5.15. The summed E-state index contributed by atoms with van der Waals surface area (Å²) in [6.45, 7) is 0.431. The van der Waals surface area contributed by atoms with Gasteiger partial charge in [0, 0.05) is 16.8 Å². The Morgan fingerprint density at radius 3 is 2.71 bits per heavy atom. The Labute approximate surface area is 160 Å². The molecule has 2 heterocycles. The summed E-state index contributed by atoms with van der Waals surface area (Å²) in [5.74, 6) is 0.0777. The summed E-state index contributed by atoms with van der Waals surface area (Å²) >= 11 is 0. The van der Waals surface area contributed by atoms with Gasteiger partial charge in [-0.05, 0) is 42.7 Å². The molecule has 0 N–H and O–H groups in total. The number of carbonyl (C=O) groups excluding carboxylic acids is 2. The van der Waals surface area contributed by atoms with Crippen LogP contribution in [-0.4, -0.2) is 43.0 Å². The highest BCUT2D eigenvalue weighted by Gasteiger charge is 2.49. The van der Waals surface area contributed by atoms with Crippen LogP contribution in [0.2, 0.25) is 0 Å². The molecule has 1 saturated heterocycles. The molecule has 8 heteroatoms. The first kappa shape index (κ1) is 18.5. The van der Waals surface area contributed by atoms with Crippen LogP contribution in [0.3, 0.4) is 0 Å². The van der Waals surface area contributed by atoms with E-state index < -0.39 is 12.1 Å². The van der Waals surface area contributed by atoms with E-state index in [2.05, 4.69) is 4.98 Å². The lowest BCUT2D eigenvalue weighted by Gasteiger charge is -2.33. The van der Waals surface area contributed by atoms with E-state index >= 15 is 0 Å². The van der Waals surface area contributed by atoms with Crippen LogP contribution in [0.15, 0.2) is 30.5 Å². The highest BCUT2D eigenvalue weighted by Crippen LogP contribution is 2.44. The molecular weight excluding hydrogens is 370 g/mol. The summed E-state index contributed by atoms with van der Waals surface area (Å²) in [7, 11) is 1.40. The summed E-state index contributed by atoms with van der Waals surface area (Å²) in [6, 6.07) is 6.10. The standard InChI is InChI=1S/C20H18F2N2O4/c1-27-17-8-23-16(19(21)22)7-15(17)14-6-13(3-2-12(14)9-25)24-11-20(4-5-20)28-10-18(24)26/h2-3,6-9,19H,4-5,10-11H2,1H3. The molecule has 0 unspecified atom stereocenters. The molecule has 4 rings (SSSR count). The monoisotopic (exact) mass is 388 g/mol.